The molecule has 0 aliphatic carbocycles. The summed E-state index contributed by atoms with van der Waals surface area (Å²) in [4.78, 5) is 40.3. The minimum atomic E-state index is -1.10. The summed E-state index contributed by atoms with van der Waals surface area (Å²) in [5.41, 5.74) is 1.11. The van der Waals surface area contributed by atoms with Gasteiger partial charge in [0.15, 0.2) is 5.82 Å². The molecule has 5 rings (SSSR count). The number of imide groups is 1. The number of nitrogens with one attached hydrogen (secondary N) is 1. The maximum Gasteiger partial charge on any atom is 0.262 e. The van der Waals surface area contributed by atoms with E-state index >= 15 is 0 Å². The van der Waals surface area contributed by atoms with Crippen molar-refractivity contribution < 1.29 is 18.8 Å². The van der Waals surface area contributed by atoms with Gasteiger partial charge in [-0.3, -0.25) is 19.3 Å². The third-order valence-corrected chi connectivity index (χ3v) is 6.60. The van der Waals surface area contributed by atoms with Crippen LogP contribution in [-0.2, 0) is 17.8 Å². The third-order valence-electron chi connectivity index (χ3n) is 6.60. The Morgan fingerprint density at radius 3 is 2.40 bits per heavy atom. The first-order valence-corrected chi connectivity index (χ1v) is 11.9. The molecular weight excluding hydrogens is 449 g/mol. The largest absolute Gasteiger partial charge is 0.322 e. The number of aromatic nitrogens is 3. The van der Waals surface area contributed by atoms with E-state index in [0.29, 0.717) is 11.4 Å². The molecule has 2 aromatic carbocycles. The van der Waals surface area contributed by atoms with Crippen molar-refractivity contribution in [3.63, 3.8) is 0 Å². The van der Waals surface area contributed by atoms with Gasteiger partial charge in [-0.2, -0.15) is 0 Å². The Morgan fingerprint density at radius 1 is 1.00 bits per heavy atom. The molecule has 2 aliphatic rings. The van der Waals surface area contributed by atoms with Gasteiger partial charge in [0.05, 0.1) is 16.8 Å². The summed E-state index contributed by atoms with van der Waals surface area (Å²) in [5.74, 6) is -1.18. The van der Waals surface area contributed by atoms with Gasteiger partial charge in [0, 0.05) is 18.5 Å². The van der Waals surface area contributed by atoms with Crippen LogP contribution in [0.3, 0.4) is 0 Å². The molecule has 9 heteroatoms. The van der Waals surface area contributed by atoms with E-state index in [-0.39, 0.29) is 16.8 Å². The molecular formula is C26H26FN5O3. The number of fused-ring (bicyclic) bond motifs is 2. The molecule has 180 valence electrons. The van der Waals surface area contributed by atoms with E-state index in [1.54, 1.807) is 44.2 Å². The summed E-state index contributed by atoms with van der Waals surface area (Å²) < 4.78 is 16.8. The second-order valence-corrected chi connectivity index (χ2v) is 9.30. The quantitative estimate of drug-likeness (QED) is 0.561. The summed E-state index contributed by atoms with van der Waals surface area (Å²) in [7, 11) is 0. The molecule has 1 atom stereocenters. The lowest BCUT2D eigenvalue weighted by Gasteiger charge is -2.28. The molecule has 0 saturated carbocycles. The number of carbonyl (C=O) groups is 3. The molecule has 0 radical (unpaired) electrons. The Labute approximate surface area is 202 Å². The number of hydrogen-bond donors (Lipinski definition) is 1. The summed E-state index contributed by atoms with van der Waals surface area (Å²) in [6, 6.07) is 9.77. The molecule has 8 nitrogen and oxygen atoms in total. The monoisotopic (exact) mass is 475 g/mol. The number of benzene rings is 2. The molecule has 3 heterocycles. The fraction of sp³-hybridized carbons (Fsp3) is 0.346. The van der Waals surface area contributed by atoms with Crippen molar-refractivity contribution in [3.05, 3.63) is 65.2 Å². The van der Waals surface area contributed by atoms with Crippen LogP contribution in [0.2, 0.25) is 0 Å². The second kappa shape index (κ2) is 9.05. The van der Waals surface area contributed by atoms with Crippen molar-refractivity contribution in [2.75, 3.05) is 5.32 Å². The lowest BCUT2D eigenvalue weighted by atomic mass is 10.0. The fourth-order valence-electron chi connectivity index (χ4n) is 4.84. The Bertz CT molecular complexity index is 1300. The summed E-state index contributed by atoms with van der Waals surface area (Å²) >= 11 is 0. The zero-order chi connectivity index (χ0) is 24.7. The summed E-state index contributed by atoms with van der Waals surface area (Å²) in [6.45, 7) is 4.27. The van der Waals surface area contributed by atoms with Crippen molar-refractivity contribution in [2.24, 2.45) is 5.92 Å². The summed E-state index contributed by atoms with van der Waals surface area (Å²) in [6.07, 6.45) is 4.02. The Hall–Kier alpha value is -3.88. The number of hydrogen-bond acceptors (Lipinski definition) is 5. The van der Waals surface area contributed by atoms with Crippen molar-refractivity contribution >= 4 is 23.4 Å². The molecule has 2 aliphatic heterocycles. The fourth-order valence-corrected chi connectivity index (χ4v) is 4.84. The van der Waals surface area contributed by atoms with Gasteiger partial charge in [-0.25, -0.2) is 4.39 Å². The molecule has 35 heavy (non-hydrogen) atoms. The van der Waals surface area contributed by atoms with Gasteiger partial charge in [0.1, 0.15) is 17.7 Å². The zero-order valence-electron chi connectivity index (χ0n) is 19.6. The number of nitrogens with zero attached hydrogens (tertiary/aromatic N) is 4. The van der Waals surface area contributed by atoms with E-state index in [1.807, 2.05) is 4.57 Å². The van der Waals surface area contributed by atoms with Crippen LogP contribution in [0.5, 0.6) is 0 Å². The number of carbonyl (C=O) groups excluding carboxylic acids is 3. The molecule has 0 fully saturated rings. The molecule has 3 amide bonds. The predicted molar refractivity (Wildman–Crippen MR) is 127 cm³/mol. The van der Waals surface area contributed by atoms with Gasteiger partial charge >= 0.3 is 0 Å². The highest BCUT2D eigenvalue weighted by Crippen LogP contribution is 2.30. The highest BCUT2D eigenvalue weighted by molar-refractivity contribution is 6.23. The molecule has 1 N–H and O–H groups in total. The molecule has 1 aromatic heterocycles. The van der Waals surface area contributed by atoms with Gasteiger partial charge in [0.2, 0.25) is 5.91 Å². The molecule has 1 unspecified atom stereocenters. The van der Waals surface area contributed by atoms with Crippen LogP contribution in [0.25, 0.3) is 11.4 Å². The van der Waals surface area contributed by atoms with E-state index in [1.165, 1.54) is 12.1 Å². The minimum Gasteiger partial charge on any atom is -0.322 e. The van der Waals surface area contributed by atoms with Crippen LogP contribution < -0.4 is 5.32 Å². The van der Waals surface area contributed by atoms with Crippen LogP contribution in [0.15, 0.2) is 42.5 Å². The topological polar surface area (TPSA) is 97.2 Å². The third kappa shape index (κ3) is 4.00. The van der Waals surface area contributed by atoms with Crippen molar-refractivity contribution in [3.8, 4) is 11.4 Å². The number of amides is 3. The van der Waals surface area contributed by atoms with Gasteiger partial charge in [-0.1, -0.05) is 32.4 Å². The van der Waals surface area contributed by atoms with Crippen LogP contribution in [0.1, 0.15) is 59.7 Å². The van der Waals surface area contributed by atoms with Crippen molar-refractivity contribution in [1.29, 1.82) is 0 Å². The van der Waals surface area contributed by atoms with Crippen molar-refractivity contribution in [2.45, 2.75) is 52.1 Å². The minimum absolute atomic E-state index is 0.0410. The van der Waals surface area contributed by atoms with E-state index in [9.17, 15) is 18.8 Å². The van der Waals surface area contributed by atoms with Gasteiger partial charge in [0.25, 0.3) is 11.8 Å². The van der Waals surface area contributed by atoms with Crippen molar-refractivity contribution in [1.82, 2.24) is 19.7 Å². The Morgan fingerprint density at radius 2 is 1.71 bits per heavy atom. The number of halogens is 1. The maximum absolute atomic E-state index is 14.8. The van der Waals surface area contributed by atoms with E-state index in [0.717, 1.165) is 43.0 Å². The van der Waals surface area contributed by atoms with E-state index in [4.69, 9.17) is 0 Å². The zero-order valence-corrected chi connectivity index (χ0v) is 19.6. The highest BCUT2D eigenvalue weighted by Gasteiger charge is 2.44. The highest BCUT2D eigenvalue weighted by atomic mass is 19.1. The van der Waals surface area contributed by atoms with Crippen LogP contribution >= 0.6 is 0 Å². The number of rotatable bonds is 5. The molecule has 3 aromatic rings. The second-order valence-electron chi connectivity index (χ2n) is 9.30. The number of aryl methyl sites for hydroxylation is 1. The Balaban J connectivity index is 1.44. The maximum atomic E-state index is 14.8. The average Bonchev–Trinajstić information content (AvgIpc) is 3.24. The standard InChI is InChI=1S/C26H26FN5O3/c1-15(2)22(32-25(34)17-8-5-6-9-18(17)26(32)35)24(33)28-20-14-16(11-12-19(20)27)23-30-29-21-10-4-3-7-13-31(21)23/h5-6,8-9,11-12,14-15,22H,3-4,7,10,13H2,1-2H3,(H,28,33). The van der Waals surface area contributed by atoms with Gasteiger partial charge in [-0.05, 0) is 49.1 Å². The first-order chi connectivity index (χ1) is 16.9. The van der Waals surface area contributed by atoms with Crippen LogP contribution in [0, 0.1) is 11.7 Å². The smallest absolute Gasteiger partial charge is 0.262 e. The lowest BCUT2D eigenvalue weighted by Crippen LogP contribution is -2.50. The van der Waals surface area contributed by atoms with Gasteiger partial charge < -0.3 is 9.88 Å². The molecule has 0 spiro atoms. The van der Waals surface area contributed by atoms with Crippen LogP contribution in [-0.4, -0.2) is 43.4 Å². The first kappa shape index (κ1) is 22.9. The van der Waals surface area contributed by atoms with Gasteiger partial charge in [-0.15, -0.1) is 10.2 Å². The predicted octanol–water partition coefficient (Wildman–Crippen LogP) is 4.07. The van der Waals surface area contributed by atoms with Crippen LogP contribution in [0.4, 0.5) is 10.1 Å². The Kier molecular flexibility index (Phi) is 5.92. The number of anilines is 1. The van der Waals surface area contributed by atoms with E-state index < -0.39 is 35.5 Å². The van der Waals surface area contributed by atoms with E-state index in [2.05, 4.69) is 15.5 Å². The first-order valence-electron chi connectivity index (χ1n) is 11.9. The molecule has 0 saturated heterocycles. The lowest BCUT2D eigenvalue weighted by molar-refractivity contribution is -0.121. The average molecular weight is 476 g/mol. The summed E-state index contributed by atoms with van der Waals surface area (Å²) in [5, 5.41) is 11.2. The normalized spacial score (nSPS) is 16.2. The SMILES string of the molecule is CC(C)C(C(=O)Nc1cc(-c2nnc3n2CCCCC3)ccc1F)N1C(=O)c2ccccc2C1=O. The molecule has 0 bridgehead atoms.